The third-order valence-corrected chi connectivity index (χ3v) is 3.57. The number of aldehydes is 1. The van der Waals surface area contributed by atoms with Crippen molar-refractivity contribution in [3.05, 3.63) is 60.2 Å². The third kappa shape index (κ3) is 5.25. The van der Waals surface area contributed by atoms with Gasteiger partial charge in [-0.25, -0.2) is 0 Å². The maximum atomic E-state index is 12.3. The lowest BCUT2D eigenvalue weighted by atomic mass is 10.2. The van der Waals surface area contributed by atoms with Crippen molar-refractivity contribution < 1.29 is 9.59 Å². The summed E-state index contributed by atoms with van der Waals surface area (Å²) < 4.78 is 0. The van der Waals surface area contributed by atoms with Gasteiger partial charge < -0.3 is 10.2 Å². The number of nitrogens with one attached hydrogen (secondary N) is 1. The lowest BCUT2D eigenvalue weighted by Crippen LogP contribution is -2.34. The molecule has 0 heterocycles. The van der Waals surface area contributed by atoms with Crippen molar-refractivity contribution in [1.82, 2.24) is 0 Å². The molecule has 0 unspecified atom stereocenters. The van der Waals surface area contributed by atoms with Gasteiger partial charge in [0.25, 0.3) is 0 Å². The quantitative estimate of drug-likeness (QED) is 0.756. The van der Waals surface area contributed by atoms with Crippen LogP contribution in [0.3, 0.4) is 0 Å². The predicted molar refractivity (Wildman–Crippen MR) is 94.0 cm³/mol. The second-order valence-electron chi connectivity index (χ2n) is 5.40. The Kier molecular flexibility index (Phi) is 6.36. The van der Waals surface area contributed by atoms with E-state index in [1.807, 2.05) is 30.3 Å². The molecule has 0 aromatic heterocycles. The number of para-hydroxylation sites is 1. The van der Waals surface area contributed by atoms with Crippen molar-refractivity contribution in [3.8, 4) is 0 Å². The summed E-state index contributed by atoms with van der Waals surface area (Å²) in [6, 6.07) is 16.8. The smallest absolute Gasteiger partial charge is 0.243 e. The fourth-order valence-electron chi connectivity index (χ4n) is 2.31. The minimum atomic E-state index is -0.0659. The molecule has 2 aromatic carbocycles. The molecule has 0 spiro atoms. The summed E-state index contributed by atoms with van der Waals surface area (Å²) in [5, 5.41) is 2.87. The van der Waals surface area contributed by atoms with Gasteiger partial charge >= 0.3 is 0 Å². The Balaban J connectivity index is 2.00. The highest BCUT2D eigenvalue weighted by Crippen LogP contribution is 2.15. The lowest BCUT2D eigenvalue weighted by Gasteiger charge is -2.24. The number of carbonyl (C=O) groups is 2. The SMILES string of the molecule is CCCCN(CC(=O)Nc1ccc(C=O)cc1)c1ccccc1. The van der Waals surface area contributed by atoms with Gasteiger partial charge in [0.1, 0.15) is 6.29 Å². The largest absolute Gasteiger partial charge is 0.362 e. The van der Waals surface area contributed by atoms with Gasteiger partial charge in [0.15, 0.2) is 0 Å². The highest BCUT2D eigenvalue weighted by atomic mass is 16.2. The molecule has 0 aliphatic carbocycles. The van der Waals surface area contributed by atoms with Crippen molar-refractivity contribution >= 4 is 23.6 Å². The number of benzene rings is 2. The van der Waals surface area contributed by atoms with Crippen LogP contribution in [0.15, 0.2) is 54.6 Å². The number of carbonyl (C=O) groups excluding carboxylic acids is 2. The van der Waals surface area contributed by atoms with Crippen LogP contribution < -0.4 is 10.2 Å². The molecule has 0 aliphatic rings. The molecule has 2 aromatic rings. The molecule has 0 atom stereocenters. The normalized spacial score (nSPS) is 10.1. The summed E-state index contributed by atoms with van der Waals surface area (Å²) >= 11 is 0. The van der Waals surface area contributed by atoms with Gasteiger partial charge in [0.05, 0.1) is 6.54 Å². The molecule has 2 rings (SSSR count). The first-order chi connectivity index (χ1) is 11.2. The summed E-state index contributed by atoms with van der Waals surface area (Å²) in [7, 11) is 0. The van der Waals surface area contributed by atoms with Crippen LogP contribution in [0.4, 0.5) is 11.4 Å². The molecule has 4 nitrogen and oxygen atoms in total. The molecule has 4 heteroatoms. The molecule has 0 saturated carbocycles. The van der Waals surface area contributed by atoms with Crippen molar-refractivity contribution in [3.63, 3.8) is 0 Å². The van der Waals surface area contributed by atoms with Crippen molar-refractivity contribution in [2.24, 2.45) is 0 Å². The van der Waals surface area contributed by atoms with Crippen molar-refractivity contribution in [2.45, 2.75) is 19.8 Å². The second kappa shape index (κ2) is 8.73. The van der Waals surface area contributed by atoms with Gasteiger partial charge in [-0.3, -0.25) is 9.59 Å². The number of nitrogens with zero attached hydrogens (tertiary/aromatic N) is 1. The van der Waals surface area contributed by atoms with E-state index in [4.69, 9.17) is 0 Å². The second-order valence-corrected chi connectivity index (χ2v) is 5.40. The van der Waals surface area contributed by atoms with Gasteiger partial charge in [-0.1, -0.05) is 31.5 Å². The number of hydrogen-bond acceptors (Lipinski definition) is 3. The molecular weight excluding hydrogens is 288 g/mol. The van der Waals surface area contributed by atoms with E-state index in [1.165, 1.54) is 0 Å². The predicted octanol–water partition coefficient (Wildman–Crippen LogP) is 3.74. The molecule has 0 bridgehead atoms. The summed E-state index contributed by atoms with van der Waals surface area (Å²) in [6.45, 7) is 3.29. The first kappa shape index (κ1) is 16.7. The fraction of sp³-hybridized carbons (Fsp3) is 0.263. The average molecular weight is 310 g/mol. The monoisotopic (exact) mass is 310 g/mol. The third-order valence-electron chi connectivity index (χ3n) is 3.57. The van der Waals surface area contributed by atoms with E-state index in [2.05, 4.69) is 17.1 Å². The number of anilines is 2. The zero-order valence-electron chi connectivity index (χ0n) is 13.4. The summed E-state index contributed by atoms with van der Waals surface area (Å²) in [5.74, 6) is -0.0659. The fourth-order valence-corrected chi connectivity index (χ4v) is 2.31. The zero-order valence-corrected chi connectivity index (χ0v) is 13.4. The van der Waals surface area contributed by atoms with E-state index in [0.29, 0.717) is 17.8 Å². The van der Waals surface area contributed by atoms with E-state index < -0.39 is 0 Å². The van der Waals surface area contributed by atoms with E-state index in [0.717, 1.165) is 31.4 Å². The summed E-state index contributed by atoms with van der Waals surface area (Å²) in [6.07, 6.45) is 2.90. The molecule has 23 heavy (non-hydrogen) atoms. The minimum Gasteiger partial charge on any atom is -0.362 e. The number of hydrogen-bond donors (Lipinski definition) is 1. The van der Waals surface area contributed by atoms with Crippen molar-refractivity contribution in [1.29, 1.82) is 0 Å². The molecule has 0 aliphatic heterocycles. The Morgan fingerprint density at radius 2 is 1.78 bits per heavy atom. The molecule has 120 valence electrons. The zero-order chi connectivity index (χ0) is 16.5. The van der Waals surface area contributed by atoms with Crippen LogP contribution in [-0.4, -0.2) is 25.3 Å². The Hall–Kier alpha value is -2.62. The topological polar surface area (TPSA) is 49.4 Å². The molecule has 0 saturated heterocycles. The van der Waals surface area contributed by atoms with Crippen LogP contribution in [-0.2, 0) is 4.79 Å². The number of rotatable bonds is 8. The molecule has 0 fully saturated rings. The van der Waals surface area contributed by atoms with E-state index in [1.54, 1.807) is 24.3 Å². The van der Waals surface area contributed by atoms with Crippen molar-refractivity contribution in [2.75, 3.05) is 23.3 Å². The Labute approximate surface area is 137 Å². The van der Waals surface area contributed by atoms with E-state index in [9.17, 15) is 9.59 Å². The van der Waals surface area contributed by atoms with Gasteiger partial charge in [0.2, 0.25) is 5.91 Å². The first-order valence-corrected chi connectivity index (χ1v) is 7.88. The molecule has 1 N–H and O–H groups in total. The van der Waals surface area contributed by atoms with Crippen LogP contribution in [0.25, 0.3) is 0 Å². The van der Waals surface area contributed by atoms with Gasteiger partial charge in [-0.2, -0.15) is 0 Å². The van der Waals surface area contributed by atoms with Crippen LogP contribution in [0.5, 0.6) is 0 Å². The van der Waals surface area contributed by atoms with Crippen LogP contribution in [0.1, 0.15) is 30.1 Å². The number of unbranched alkanes of at least 4 members (excludes halogenated alkanes) is 1. The summed E-state index contributed by atoms with van der Waals surface area (Å²) in [4.78, 5) is 25.0. The highest BCUT2D eigenvalue weighted by molar-refractivity contribution is 5.94. The molecule has 1 amide bonds. The highest BCUT2D eigenvalue weighted by Gasteiger charge is 2.11. The first-order valence-electron chi connectivity index (χ1n) is 7.88. The maximum absolute atomic E-state index is 12.3. The Morgan fingerprint density at radius 1 is 1.09 bits per heavy atom. The molecule has 0 radical (unpaired) electrons. The number of amides is 1. The van der Waals surface area contributed by atoms with Crippen LogP contribution in [0, 0.1) is 0 Å². The average Bonchev–Trinajstić information content (AvgIpc) is 2.60. The van der Waals surface area contributed by atoms with Gasteiger partial charge in [-0.05, 0) is 42.8 Å². The van der Waals surface area contributed by atoms with Crippen LogP contribution in [0.2, 0.25) is 0 Å². The van der Waals surface area contributed by atoms with Crippen LogP contribution >= 0.6 is 0 Å². The summed E-state index contributed by atoms with van der Waals surface area (Å²) in [5.41, 5.74) is 2.34. The van der Waals surface area contributed by atoms with Gasteiger partial charge in [0, 0.05) is 23.5 Å². The maximum Gasteiger partial charge on any atom is 0.243 e. The van der Waals surface area contributed by atoms with E-state index >= 15 is 0 Å². The Bertz CT molecular complexity index is 624. The van der Waals surface area contributed by atoms with E-state index in [-0.39, 0.29) is 5.91 Å². The lowest BCUT2D eigenvalue weighted by molar-refractivity contribution is -0.115. The Morgan fingerprint density at radius 3 is 2.39 bits per heavy atom. The molecular formula is C19H22N2O2. The minimum absolute atomic E-state index is 0.0659. The standard InChI is InChI=1S/C19H22N2O2/c1-2-3-13-21(18-7-5-4-6-8-18)14-19(23)20-17-11-9-16(15-22)10-12-17/h4-12,15H,2-3,13-14H2,1H3,(H,20,23). The van der Waals surface area contributed by atoms with Gasteiger partial charge in [-0.15, -0.1) is 0 Å².